The van der Waals surface area contributed by atoms with Crippen LogP contribution in [-0.4, -0.2) is 18.4 Å². The number of amides is 2. The SMILES string of the molecule is O=C(NCCC1=CCCCC1)C(=O)NCc1cccs1. The molecule has 2 N–H and O–H groups in total. The van der Waals surface area contributed by atoms with E-state index in [0.717, 1.165) is 24.1 Å². The lowest BCUT2D eigenvalue weighted by Gasteiger charge is -2.12. The van der Waals surface area contributed by atoms with E-state index < -0.39 is 11.8 Å². The van der Waals surface area contributed by atoms with Crippen LogP contribution < -0.4 is 10.6 Å². The fourth-order valence-corrected chi connectivity index (χ4v) is 2.85. The van der Waals surface area contributed by atoms with Gasteiger partial charge in [0.15, 0.2) is 0 Å². The molecule has 0 unspecified atom stereocenters. The highest BCUT2D eigenvalue weighted by Gasteiger charge is 2.13. The molecular weight excluding hydrogens is 272 g/mol. The minimum atomic E-state index is -0.559. The highest BCUT2D eigenvalue weighted by molar-refractivity contribution is 7.09. The van der Waals surface area contributed by atoms with Gasteiger partial charge in [-0.1, -0.05) is 17.7 Å². The summed E-state index contributed by atoms with van der Waals surface area (Å²) in [7, 11) is 0. The second-order valence-corrected chi connectivity index (χ2v) is 5.91. The monoisotopic (exact) mass is 292 g/mol. The van der Waals surface area contributed by atoms with Crippen molar-refractivity contribution in [2.75, 3.05) is 6.54 Å². The zero-order valence-corrected chi connectivity index (χ0v) is 12.3. The summed E-state index contributed by atoms with van der Waals surface area (Å²) < 4.78 is 0. The average Bonchev–Trinajstić information content (AvgIpc) is 2.99. The highest BCUT2D eigenvalue weighted by atomic mass is 32.1. The summed E-state index contributed by atoms with van der Waals surface area (Å²) in [6.45, 7) is 0.951. The van der Waals surface area contributed by atoms with Crippen molar-refractivity contribution in [3.63, 3.8) is 0 Å². The Balaban J connectivity index is 1.63. The smallest absolute Gasteiger partial charge is 0.309 e. The molecule has 0 aliphatic heterocycles. The molecule has 2 amide bonds. The number of rotatable bonds is 5. The Bertz CT molecular complexity index is 480. The molecule has 2 rings (SSSR count). The Morgan fingerprint density at radius 2 is 2.05 bits per heavy atom. The first kappa shape index (κ1) is 14.8. The first-order valence-corrected chi connectivity index (χ1v) is 7.90. The van der Waals surface area contributed by atoms with E-state index in [1.807, 2.05) is 17.5 Å². The van der Waals surface area contributed by atoms with Crippen molar-refractivity contribution in [1.29, 1.82) is 0 Å². The Labute approximate surface area is 123 Å². The van der Waals surface area contributed by atoms with Crippen LogP contribution in [0, 0.1) is 0 Å². The fraction of sp³-hybridized carbons (Fsp3) is 0.467. The lowest BCUT2D eigenvalue weighted by molar-refractivity contribution is -0.139. The van der Waals surface area contributed by atoms with Crippen molar-refractivity contribution < 1.29 is 9.59 Å². The fourth-order valence-electron chi connectivity index (χ4n) is 2.21. The molecule has 1 heterocycles. The van der Waals surface area contributed by atoms with Crippen LogP contribution in [0.25, 0.3) is 0 Å². The van der Waals surface area contributed by atoms with Gasteiger partial charge in [-0.2, -0.15) is 0 Å². The number of hydrogen-bond donors (Lipinski definition) is 2. The number of hydrogen-bond acceptors (Lipinski definition) is 3. The number of carbonyl (C=O) groups excluding carboxylic acids is 2. The Kier molecular flexibility index (Phi) is 5.80. The molecule has 5 heteroatoms. The third-order valence-electron chi connectivity index (χ3n) is 3.33. The number of carbonyl (C=O) groups is 2. The van der Waals surface area contributed by atoms with Gasteiger partial charge in [0, 0.05) is 11.4 Å². The molecule has 0 radical (unpaired) electrons. The van der Waals surface area contributed by atoms with Gasteiger partial charge in [0.05, 0.1) is 6.54 Å². The van der Waals surface area contributed by atoms with Crippen LogP contribution in [0.3, 0.4) is 0 Å². The van der Waals surface area contributed by atoms with Gasteiger partial charge >= 0.3 is 11.8 Å². The largest absolute Gasteiger partial charge is 0.348 e. The van der Waals surface area contributed by atoms with Gasteiger partial charge in [-0.3, -0.25) is 9.59 Å². The predicted molar refractivity (Wildman–Crippen MR) is 80.3 cm³/mol. The van der Waals surface area contributed by atoms with E-state index >= 15 is 0 Å². The Morgan fingerprint density at radius 1 is 1.20 bits per heavy atom. The molecule has 0 spiro atoms. The molecule has 0 bridgehead atoms. The van der Waals surface area contributed by atoms with Gasteiger partial charge in [0.25, 0.3) is 0 Å². The van der Waals surface area contributed by atoms with E-state index in [2.05, 4.69) is 16.7 Å². The van der Waals surface area contributed by atoms with Crippen molar-refractivity contribution in [2.24, 2.45) is 0 Å². The molecule has 0 atom stereocenters. The van der Waals surface area contributed by atoms with Crippen LogP contribution >= 0.6 is 11.3 Å². The molecule has 20 heavy (non-hydrogen) atoms. The third-order valence-corrected chi connectivity index (χ3v) is 4.20. The van der Waals surface area contributed by atoms with E-state index in [-0.39, 0.29) is 0 Å². The maximum Gasteiger partial charge on any atom is 0.309 e. The molecule has 0 saturated heterocycles. The summed E-state index contributed by atoms with van der Waals surface area (Å²) in [4.78, 5) is 24.2. The first-order chi connectivity index (χ1) is 9.75. The molecule has 0 fully saturated rings. The van der Waals surface area contributed by atoms with Gasteiger partial charge in [0.1, 0.15) is 0 Å². The van der Waals surface area contributed by atoms with Crippen molar-refractivity contribution in [3.05, 3.63) is 34.0 Å². The quantitative estimate of drug-likeness (QED) is 0.646. The van der Waals surface area contributed by atoms with E-state index in [4.69, 9.17) is 0 Å². The number of allylic oxidation sites excluding steroid dienone is 1. The van der Waals surface area contributed by atoms with E-state index in [9.17, 15) is 9.59 Å². The third kappa shape index (κ3) is 4.81. The molecule has 4 nitrogen and oxygen atoms in total. The molecule has 0 saturated carbocycles. The molecule has 1 aromatic heterocycles. The van der Waals surface area contributed by atoms with Crippen molar-refractivity contribution in [3.8, 4) is 0 Å². The van der Waals surface area contributed by atoms with E-state index in [0.29, 0.717) is 13.1 Å². The highest BCUT2D eigenvalue weighted by Crippen LogP contribution is 2.19. The summed E-state index contributed by atoms with van der Waals surface area (Å²) in [5.74, 6) is -1.10. The lowest BCUT2D eigenvalue weighted by atomic mass is 9.97. The van der Waals surface area contributed by atoms with Gasteiger partial charge in [-0.25, -0.2) is 0 Å². The van der Waals surface area contributed by atoms with Crippen LogP contribution in [-0.2, 0) is 16.1 Å². The summed E-state index contributed by atoms with van der Waals surface area (Å²) >= 11 is 1.56. The zero-order valence-electron chi connectivity index (χ0n) is 11.5. The van der Waals surface area contributed by atoms with E-state index in [1.165, 1.54) is 18.4 Å². The molecule has 1 aliphatic carbocycles. The normalized spacial score (nSPS) is 14.5. The van der Waals surface area contributed by atoms with Gasteiger partial charge in [0.2, 0.25) is 0 Å². The van der Waals surface area contributed by atoms with Crippen LogP contribution in [0.5, 0.6) is 0 Å². The molecular formula is C15H20N2O2S. The number of thiophene rings is 1. The second kappa shape index (κ2) is 7.85. The predicted octanol–water partition coefficient (Wildman–Crippen LogP) is 2.37. The van der Waals surface area contributed by atoms with Crippen LogP contribution in [0.4, 0.5) is 0 Å². The topological polar surface area (TPSA) is 58.2 Å². The summed E-state index contributed by atoms with van der Waals surface area (Å²) in [6.07, 6.45) is 7.88. The lowest BCUT2D eigenvalue weighted by Crippen LogP contribution is -2.39. The minimum Gasteiger partial charge on any atom is -0.348 e. The molecule has 1 aliphatic rings. The van der Waals surface area contributed by atoms with Crippen molar-refractivity contribution >= 4 is 23.2 Å². The van der Waals surface area contributed by atoms with Crippen LogP contribution in [0.15, 0.2) is 29.2 Å². The van der Waals surface area contributed by atoms with Gasteiger partial charge < -0.3 is 10.6 Å². The summed E-state index contributed by atoms with van der Waals surface area (Å²) in [6, 6.07) is 3.85. The maximum absolute atomic E-state index is 11.6. The summed E-state index contributed by atoms with van der Waals surface area (Å²) in [5, 5.41) is 7.23. The second-order valence-electron chi connectivity index (χ2n) is 4.88. The standard InChI is InChI=1S/C15H20N2O2S/c18-14(15(19)17-11-13-7-4-10-20-13)16-9-8-12-5-2-1-3-6-12/h4-5,7,10H,1-3,6,8-9,11H2,(H,16,18)(H,17,19). The van der Waals surface area contributed by atoms with E-state index in [1.54, 1.807) is 11.3 Å². The Hall–Kier alpha value is -1.62. The van der Waals surface area contributed by atoms with Crippen LogP contribution in [0.2, 0.25) is 0 Å². The average molecular weight is 292 g/mol. The van der Waals surface area contributed by atoms with Gasteiger partial charge in [-0.15, -0.1) is 11.3 Å². The van der Waals surface area contributed by atoms with Gasteiger partial charge in [-0.05, 0) is 43.6 Å². The Morgan fingerprint density at radius 3 is 2.75 bits per heavy atom. The van der Waals surface area contributed by atoms with Crippen molar-refractivity contribution in [1.82, 2.24) is 10.6 Å². The number of nitrogens with one attached hydrogen (secondary N) is 2. The van der Waals surface area contributed by atoms with Crippen molar-refractivity contribution in [2.45, 2.75) is 38.6 Å². The molecule has 0 aromatic carbocycles. The maximum atomic E-state index is 11.6. The summed E-state index contributed by atoms with van der Waals surface area (Å²) in [5.41, 5.74) is 1.40. The van der Waals surface area contributed by atoms with Crippen LogP contribution in [0.1, 0.15) is 37.0 Å². The zero-order chi connectivity index (χ0) is 14.2. The first-order valence-electron chi connectivity index (χ1n) is 7.02. The minimum absolute atomic E-state index is 0.412. The molecule has 108 valence electrons. The molecule has 1 aromatic rings.